The SMILES string of the molecule is COP(=O)(Cc1ccccc1)CC(CC(C)C)C(=O)O. The van der Waals surface area contributed by atoms with E-state index in [1.165, 1.54) is 7.11 Å². The molecule has 0 bridgehead atoms. The highest BCUT2D eigenvalue weighted by Crippen LogP contribution is 2.51. The number of hydrogen-bond donors (Lipinski definition) is 1. The Kier molecular flexibility index (Phi) is 6.44. The Balaban J connectivity index is 2.82. The first-order valence-electron chi connectivity index (χ1n) is 6.77. The van der Waals surface area contributed by atoms with E-state index in [-0.39, 0.29) is 18.2 Å². The van der Waals surface area contributed by atoms with Crippen LogP contribution in [0.25, 0.3) is 0 Å². The van der Waals surface area contributed by atoms with Crippen LogP contribution in [0.4, 0.5) is 0 Å². The molecule has 2 atom stereocenters. The topological polar surface area (TPSA) is 63.6 Å². The maximum Gasteiger partial charge on any atom is 0.307 e. The lowest BCUT2D eigenvalue weighted by Gasteiger charge is -2.21. The van der Waals surface area contributed by atoms with Gasteiger partial charge in [0.15, 0.2) is 0 Å². The molecule has 0 saturated heterocycles. The number of carbonyl (C=O) groups is 1. The molecule has 1 aromatic rings. The van der Waals surface area contributed by atoms with E-state index in [4.69, 9.17) is 4.52 Å². The molecule has 1 N–H and O–H groups in total. The second-order valence-corrected chi connectivity index (χ2v) is 8.16. The van der Waals surface area contributed by atoms with Gasteiger partial charge in [-0.25, -0.2) is 0 Å². The van der Waals surface area contributed by atoms with Gasteiger partial charge in [-0.05, 0) is 17.9 Å². The average Bonchev–Trinajstić information content (AvgIpc) is 2.38. The molecule has 1 rings (SSSR count). The van der Waals surface area contributed by atoms with Gasteiger partial charge in [-0.3, -0.25) is 9.36 Å². The minimum atomic E-state index is -2.97. The Morgan fingerprint density at radius 1 is 1.30 bits per heavy atom. The lowest BCUT2D eigenvalue weighted by molar-refractivity contribution is -0.141. The van der Waals surface area contributed by atoms with E-state index in [9.17, 15) is 14.5 Å². The second-order valence-electron chi connectivity index (χ2n) is 5.49. The molecule has 0 aromatic heterocycles. The molecular weight excluding hydrogens is 275 g/mol. The molecule has 0 radical (unpaired) electrons. The van der Waals surface area contributed by atoms with Crippen molar-refractivity contribution < 1.29 is 19.0 Å². The van der Waals surface area contributed by atoms with Crippen LogP contribution in [0, 0.1) is 11.8 Å². The van der Waals surface area contributed by atoms with Crippen molar-refractivity contribution in [3.63, 3.8) is 0 Å². The number of carboxylic acid groups (broad SMARTS) is 1. The molecule has 0 aliphatic heterocycles. The maximum atomic E-state index is 12.8. The standard InChI is InChI=1S/C15H23O4P/c1-12(2)9-14(15(16)17)11-20(18,19-3)10-13-7-5-4-6-8-13/h4-8,12,14H,9-11H2,1-3H3,(H,16,17). The minimum absolute atomic E-state index is 0.0892. The van der Waals surface area contributed by atoms with Crippen LogP contribution >= 0.6 is 7.37 Å². The Morgan fingerprint density at radius 3 is 2.35 bits per heavy atom. The fourth-order valence-corrected chi connectivity index (χ4v) is 4.37. The third-order valence-corrected chi connectivity index (χ3v) is 5.71. The highest BCUT2D eigenvalue weighted by atomic mass is 31.2. The summed E-state index contributed by atoms with van der Waals surface area (Å²) in [5.41, 5.74) is 0.909. The van der Waals surface area contributed by atoms with Gasteiger partial charge in [0.2, 0.25) is 7.37 Å². The van der Waals surface area contributed by atoms with Crippen LogP contribution in [0.15, 0.2) is 30.3 Å². The van der Waals surface area contributed by atoms with E-state index in [1.54, 1.807) is 0 Å². The first-order valence-corrected chi connectivity index (χ1v) is 8.76. The van der Waals surface area contributed by atoms with Gasteiger partial charge in [0.05, 0.1) is 5.92 Å². The molecule has 2 unspecified atom stereocenters. The van der Waals surface area contributed by atoms with Crippen LogP contribution in [0.3, 0.4) is 0 Å². The maximum absolute atomic E-state index is 12.8. The summed E-state index contributed by atoms with van der Waals surface area (Å²) in [6.07, 6.45) is 0.885. The van der Waals surface area contributed by atoms with Gasteiger partial charge < -0.3 is 9.63 Å². The highest BCUT2D eigenvalue weighted by molar-refractivity contribution is 7.58. The van der Waals surface area contributed by atoms with E-state index in [2.05, 4.69) is 0 Å². The fraction of sp³-hybridized carbons (Fsp3) is 0.533. The molecule has 4 nitrogen and oxygen atoms in total. The van der Waals surface area contributed by atoms with Crippen LogP contribution in [-0.4, -0.2) is 24.3 Å². The number of benzene rings is 1. The zero-order chi connectivity index (χ0) is 15.2. The predicted molar refractivity (Wildman–Crippen MR) is 80.2 cm³/mol. The van der Waals surface area contributed by atoms with Crippen molar-refractivity contribution >= 4 is 13.3 Å². The van der Waals surface area contributed by atoms with Gasteiger partial charge in [-0.2, -0.15) is 0 Å². The quantitative estimate of drug-likeness (QED) is 0.740. The third kappa shape index (κ3) is 5.48. The van der Waals surface area contributed by atoms with Gasteiger partial charge in [-0.15, -0.1) is 0 Å². The van der Waals surface area contributed by atoms with Crippen LogP contribution in [0.5, 0.6) is 0 Å². The van der Waals surface area contributed by atoms with Crippen molar-refractivity contribution in [3.8, 4) is 0 Å². The van der Waals surface area contributed by atoms with Crippen LogP contribution in [0.1, 0.15) is 25.8 Å². The average molecular weight is 298 g/mol. The van der Waals surface area contributed by atoms with Crippen LogP contribution in [-0.2, 0) is 20.0 Å². The lowest BCUT2D eigenvalue weighted by atomic mass is 9.99. The summed E-state index contributed by atoms with van der Waals surface area (Å²) in [6.45, 7) is 3.93. The summed E-state index contributed by atoms with van der Waals surface area (Å²) in [5.74, 6) is -1.27. The van der Waals surface area contributed by atoms with Crippen molar-refractivity contribution in [1.82, 2.24) is 0 Å². The Morgan fingerprint density at radius 2 is 1.90 bits per heavy atom. The zero-order valence-corrected chi connectivity index (χ0v) is 13.2. The van der Waals surface area contributed by atoms with Crippen molar-refractivity contribution in [2.45, 2.75) is 26.4 Å². The van der Waals surface area contributed by atoms with E-state index in [1.807, 2.05) is 44.2 Å². The van der Waals surface area contributed by atoms with Crippen molar-refractivity contribution in [2.75, 3.05) is 13.3 Å². The Hall–Kier alpha value is -1.12. The molecular formula is C15H23O4P. The monoisotopic (exact) mass is 298 g/mol. The largest absolute Gasteiger partial charge is 0.481 e. The molecule has 0 amide bonds. The van der Waals surface area contributed by atoms with E-state index in [0.717, 1.165) is 5.56 Å². The minimum Gasteiger partial charge on any atom is -0.481 e. The van der Waals surface area contributed by atoms with Crippen LogP contribution < -0.4 is 0 Å². The van der Waals surface area contributed by atoms with Gasteiger partial charge in [0, 0.05) is 19.4 Å². The number of carboxylic acids is 1. The molecule has 20 heavy (non-hydrogen) atoms. The van der Waals surface area contributed by atoms with E-state index < -0.39 is 19.3 Å². The normalized spacial score (nSPS) is 15.8. The molecule has 5 heteroatoms. The highest BCUT2D eigenvalue weighted by Gasteiger charge is 2.31. The van der Waals surface area contributed by atoms with Crippen molar-refractivity contribution in [2.24, 2.45) is 11.8 Å². The van der Waals surface area contributed by atoms with Gasteiger partial charge in [0.25, 0.3) is 0 Å². The van der Waals surface area contributed by atoms with E-state index >= 15 is 0 Å². The molecule has 1 aromatic carbocycles. The van der Waals surface area contributed by atoms with Crippen molar-refractivity contribution in [1.29, 1.82) is 0 Å². The number of hydrogen-bond acceptors (Lipinski definition) is 3. The Bertz CT molecular complexity index is 470. The molecule has 112 valence electrons. The summed E-state index contributed by atoms with van der Waals surface area (Å²) in [4.78, 5) is 11.3. The first-order chi connectivity index (χ1) is 9.36. The number of rotatable bonds is 8. The molecule has 0 aliphatic rings. The van der Waals surface area contributed by atoms with Gasteiger partial charge in [-0.1, -0.05) is 44.2 Å². The summed E-state index contributed by atoms with van der Waals surface area (Å²) >= 11 is 0. The fourth-order valence-electron chi connectivity index (χ4n) is 2.22. The van der Waals surface area contributed by atoms with Gasteiger partial charge in [0.1, 0.15) is 0 Å². The van der Waals surface area contributed by atoms with E-state index in [0.29, 0.717) is 6.42 Å². The lowest BCUT2D eigenvalue weighted by Crippen LogP contribution is -2.21. The summed E-state index contributed by atoms with van der Waals surface area (Å²) in [7, 11) is -1.57. The third-order valence-electron chi connectivity index (χ3n) is 3.20. The zero-order valence-electron chi connectivity index (χ0n) is 12.3. The second kappa shape index (κ2) is 7.61. The van der Waals surface area contributed by atoms with Crippen molar-refractivity contribution in [3.05, 3.63) is 35.9 Å². The Labute approximate surface area is 120 Å². The number of aliphatic carboxylic acids is 1. The summed E-state index contributed by atoms with van der Waals surface area (Å²) < 4.78 is 18.0. The summed E-state index contributed by atoms with van der Waals surface area (Å²) in [6, 6.07) is 9.39. The molecule has 0 aliphatic carbocycles. The molecule has 0 heterocycles. The molecule has 0 spiro atoms. The first kappa shape index (κ1) is 16.9. The van der Waals surface area contributed by atoms with Gasteiger partial charge >= 0.3 is 5.97 Å². The molecule has 0 saturated carbocycles. The molecule has 0 fully saturated rings. The summed E-state index contributed by atoms with van der Waals surface area (Å²) in [5, 5.41) is 9.27. The predicted octanol–water partition coefficient (Wildman–Crippen LogP) is 3.86. The van der Waals surface area contributed by atoms with Crippen LogP contribution in [0.2, 0.25) is 0 Å². The smallest absolute Gasteiger partial charge is 0.307 e.